The second-order valence-corrected chi connectivity index (χ2v) is 5.19. The third-order valence-electron chi connectivity index (χ3n) is 3.55. The molecule has 1 fully saturated rings. The molecule has 2 rings (SSSR count). The molecule has 0 spiro atoms. The Morgan fingerprint density at radius 2 is 2.17 bits per heavy atom. The molecule has 3 nitrogen and oxygen atoms in total. The highest BCUT2D eigenvalue weighted by Crippen LogP contribution is 2.29. The van der Waals surface area contributed by atoms with Crippen molar-refractivity contribution in [3.63, 3.8) is 0 Å². The third kappa shape index (κ3) is 3.00. The van der Waals surface area contributed by atoms with Gasteiger partial charge in [-0.15, -0.1) is 0 Å². The molecule has 0 radical (unpaired) electrons. The van der Waals surface area contributed by atoms with Gasteiger partial charge in [-0.3, -0.25) is 0 Å². The van der Waals surface area contributed by atoms with E-state index in [-0.39, 0.29) is 11.9 Å². The van der Waals surface area contributed by atoms with Gasteiger partial charge < -0.3 is 15.3 Å². The van der Waals surface area contributed by atoms with Crippen LogP contribution >= 0.6 is 0 Å². The molecule has 1 aromatic rings. The number of anilines is 1. The first-order valence-electron chi connectivity index (χ1n) is 6.42. The summed E-state index contributed by atoms with van der Waals surface area (Å²) >= 11 is 0. The summed E-state index contributed by atoms with van der Waals surface area (Å²) in [6, 6.07) is 5.36. The van der Waals surface area contributed by atoms with E-state index < -0.39 is 0 Å². The van der Waals surface area contributed by atoms with Crippen LogP contribution in [0.1, 0.15) is 18.4 Å². The van der Waals surface area contributed by atoms with E-state index in [0.29, 0.717) is 18.2 Å². The number of hydrogen-bond donors (Lipinski definition) is 2. The van der Waals surface area contributed by atoms with Gasteiger partial charge in [0, 0.05) is 20.1 Å². The lowest BCUT2D eigenvalue weighted by atomic mass is 9.82. The Morgan fingerprint density at radius 3 is 2.72 bits per heavy atom. The summed E-state index contributed by atoms with van der Waals surface area (Å²) in [4.78, 5) is 1.94. The first kappa shape index (κ1) is 13.3. The highest BCUT2D eigenvalue weighted by Gasteiger charge is 2.28. The maximum Gasteiger partial charge on any atom is 0.146 e. The van der Waals surface area contributed by atoms with Crippen LogP contribution in [-0.4, -0.2) is 31.9 Å². The van der Waals surface area contributed by atoms with Gasteiger partial charge in [0.1, 0.15) is 5.82 Å². The van der Waals surface area contributed by atoms with Crippen molar-refractivity contribution >= 4 is 5.69 Å². The lowest BCUT2D eigenvalue weighted by molar-refractivity contribution is 0.0464. The molecular weight excluding hydrogens is 231 g/mol. The average Bonchev–Trinajstić information content (AvgIpc) is 2.27. The van der Waals surface area contributed by atoms with E-state index in [1.807, 2.05) is 31.1 Å². The van der Waals surface area contributed by atoms with Crippen molar-refractivity contribution in [2.45, 2.75) is 25.5 Å². The highest BCUT2D eigenvalue weighted by molar-refractivity contribution is 5.48. The lowest BCUT2D eigenvalue weighted by Gasteiger charge is -2.35. The van der Waals surface area contributed by atoms with Gasteiger partial charge in [-0.2, -0.15) is 0 Å². The number of halogens is 1. The summed E-state index contributed by atoms with van der Waals surface area (Å²) in [7, 11) is 3.75. The van der Waals surface area contributed by atoms with Gasteiger partial charge in [0.05, 0.1) is 11.8 Å². The van der Waals surface area contributed by atoms with Crippen LogP contribution in [0.15, 0.2) is 18.2 Å². The smallest absolute Gasteiger partial charge is 0.146 e. The zero-order valence-electron chi connectivity index (χ0n) is 11.0. The first-order chi connectivity index (χ1) is 8.60. The van der Waals surface area contributed by atoms with Crippen molar-refractivity contribution in [3.8, 4) is 0 Å². The lowest BCUT2D eigenvalue weighted by Crippen LogP contribution is -2.37. The summed E-state index contributed by atoms with van der Waals surface area (Å²) in [5.74, 6) is 0.312. The van der Waals surface area contributed by atoms with Gasteiger partial charge >= 0.3 is 0 Å². The fourth-order valence-electron chi connectivity index (χ4n) is 2.51. The normalized spacial score (nSPS) is 22.7. The predicted octanol–water partition coefficient (Wildman–Crippen LogP) is 1.75. The first-order valence-corrected chi connectivity index (χ1v) is 6.42. The van der Waals surface area contributed by atoms with Crippen LogP contribution in [-0.2, 0) is 6.54 Å². The molecule has 1 saturated carbocycles. The molecule has 1 aromatic carbocycles. The minimum absolute atomic E-state index is 0.147. The van der Waals surface area contributed by atoms with Gasteiger partial charge in [0.15, 0.2) is 0 Å². The van der Waals surface area contributed by atoms with E-state index in [1.54, 1.807) is 6.07 Å². The quantitative estimate of drug-likeness (QED) is 0.838. The van der Waals surface area contributed by atoms with Crippen molar-refractivity contribution < 1.29 is 9.50 Å². The predicted molar refractivity (Wildman–Crippen MR) is 71.2 cm³/mol. The molecule has 1 aliphatic carbocycles. The molecule has 0 atom stereocenters. The SMILES string of the molecule is CNCc1ccc(N(C)CC2CC(O)C2)c(F)c1. The Bertz CT molecular complexity index is 405. The van der Waals surface area contributed by atoms with E-state index in [0.717, 1.165) is 24.9 Å². The number of nitrogens with one attached hydrogen (secondary N) is 1. The van der Waals surface area contributed by atoms with E-state index in [2.05, 4.69) is 5.32 Å². The number of rotatable bonds is 5. The summed E-state index contributed by atoms with van der Waals surface area (Å²) in [6.45, 7) is 1.48. The molecule has 0 bridgehead atoms. The van der Waals surface area contributed by atoms with Gasteiger partial charge in [-0.25, -0.2) is 4.39 Å². The van der Waals surface area contributed by atoms with Crippen LogP contribution in [0.2, 0.25) is 0 Å². The maximum atomic E-state index is 14.0. The van der Waals surface area contributed by atoms with Crippen molar-refractivity contribution in [1.29, 1.82) is 0 Å². The molecule has 18 heavy (non-hydrogen) atoms. The largest absolute Gasteiger partial charge is 0.393 e. The Hall–Kier alpha value is -1.13. The molecule has 100 valence electrons. The minimum atomic E-state index is -0.176. The zero-order chi connectivity index (χ0) is 13.1. The Kier molecular flexibility index (Phi) is 4.19. The van der Waals surface area contributed by atoms with Crippen LogP contribution in [0, 0.1) is 11.7 Å². The molecule has 4 heteroatoms. The highest BCUT2D eigenvalue weighted by atomic mass is 19.1. The van der Waals surface area contributed by atoms with Crippen LogP contribution in [0.3, 0.4) is 0 Å². The summed E-state index contributed by atoms with van der Waals surface area (Å²) in [6.07, 6.45) is 1.53. The summed E-state index contributed by atoms with van der Waals surface area (Å²) in [5.41, 5.74) is 1.59. The number of hydrogen-bond acceptors (Lipinski definition) is 3. The van der Waals surface area contributed by atoms with Gasteiger partial charge in [-0.1, -0.05) is 6.07 Å². The minimum Gasteiger partial charge on any atom is -0.393 e. The standard InChI is InChI=1S/C14H21FN2O/c1-16-8-10-3-4-14(13(15)7-10)17(2)9-11-5-12(18)6-11/h3-4,7,11-12,16,18H,5-6,8-9H2,1-2H3. The van der Waals surface area contributed by atoms with Crippen molar-refractivity contribution in [3.05, 3.63) is 29.6 Å². The van der Waals surface area contributed by atoms with Gasteiger partial charge in [-0.05, 0) is 43.5 Å². The summed E-state index contributed by atoms with van der Waals surface area (Å²) < 4.78 is 14.0. The Morgan fingerprint density at radius 1 is 1.44 bits per heavy atom. The third-order valence-corrected chi connectivity index (χ3v) is 3.55. The van der Waals surface area contributed by atoms with Crippen molar-refractivity contribution in [1.82, 2.24) is 5.32 Å². The molecule has 1 aliphatic rings. The Balaban J connectivity index is 1.99. The number of nitrogens with zero attached hydrogens (tertiary/aromatic N) is 1. The monoisotopic (exact) mass is 252 g/mol. The molecule has 2 N–H and O–H groups in total. The molecule has 0 aromatic heterocycles. The van der Waals surface area contributed by atoms with Crippen LogP contribution in [0.5, 0.6) is 0 Å². The number of aliphatic hydroxyl groups is 1. The second-order valence-electron chi connectivity index (χ2n) is 5.19. The maximum absolute atomic E-state index is 14.0. The number of aliphatic hydroxyl groups excluding tert-OH is 1. The number of benzene rings is 1. The molecular formula is C14H21FN2O. The van der Waals surface area contributed by atoms with Gasteiger partial charge in [0.2, 0.25) is 0 Å². The topological polar surface area (TPSA) is 35.5 Å². The van der Waals surface area contributed by atoms with E-state index in [9.17, 15) is 9.50 Å². The second kappa shape index (κ2) is 5.67. The molecule has 0 unspecified atom stereocenters. The fraction of sp³-hybridized carbons (Fsp3) is 0.571. The van der Waals surface area contributed by atoms with Crippen LogP contribution in [0.4, 0.5) is 10.1 Å². The molecule has 0 amide bonds. The van der Waals surface area contributed by atoms with Crippen LogP contribution < -0.4 is 10.2 Å². The van der Waals surface area contributed by atoms with Crippen molar-refractivity contribution in [2.75, 3.05) is 25.5 Å². The Labute approximate surface area is 108 Å². The van der Waals surface area contributed by atoms with E-state index >= 15 is 0 Å². The van der Waals surface area contributed by atoms with E-state index in [1.165, 1.54) is 0 Å². The van der Waals surface area contributed by atoms with Crippen molar-refractivity contribution in [2.24, 2.45) is 5.92 Å². The van der Waals surface area contributed by atoms with Crippen LogP contribution in [0.25, 0.3) is 0 Å². The zero-order valence-corrected chi connectivity index (χ0v) is 11.0. The molecule has 0 saturated heterocycles. The van der Waals surface area contributed by atoms with Gasteiger partial charge in [0.25, 0.3) is 0 Å². The summed E-state index contributed by atoms with van der Waals surface area (Å²) in [5, 5.41) is 12.3. The molecule has 0 heterocycles. The van der Waals surface area contributed by atoms with E-state index in [4.69, 9.17) is 0 Å². The molecule has 0 aliphatic heterocycles. The fourth-order valence-corrected chi connectivity index (χ4v) is 2.51. The average molecular weight is 252 g/mol.